The van der Waals surface area contributed by atoms with Crippen LogP contribution in [0.3, 0.4) is 0 Å². The van der Waals surface area contributed by atoms with Crippen LogP contribution in [0.1, 0.15) is 10.4 Å². The molecular formula is C14H12N2O3S. The van der Waals surface area contributed by atoms with Gasteiger partial charge in [-0.2, -0.15) is 0 Å². The van der Waals surface area contributed by atoms with Crippen LogP contribution in [0.2, 0.25) is 0 Å². The van der Waals surface area contributed by atoms with Crippen LogP contribution >= 0.6 is 11.3 Å². The first-order valence-corrected chi connectivity index (χ1v) is 6.76. The van der Waals surface area contributed by atoms with Gasteiger partial charge in [-0.25, -0.2) is 0 Å². The van der Waals surface area contributed by atoms with Crippen LogP contribution in [-0.2, 0) is 11.3 Å². The Labute approximate surface area is 119 Å². The van der Waals surface area contributed by atoms with E-state index in [9.17, 15) is 14.9 Å². The van der Waals surface area contributed by atoms with Crippen LogP contribution in [0.4, 0.5) is 5.69 Å². The van der Waals surface area contributed by atoms with Crippen molar-refractivity contribution < 1.29 is 9.72 Å². The van der Waals surface area contributed by atoms with Gasteiger partial charge in [0.15, 0.2) is 0 Å². The summed E-state index contributed by atoms with van der Waals surface area (Å²) in [4.78, 5) is 22.8. The first-order chi connectivity index (χ1) is 9.65. The average Bonchev–Trinajstić information content (AvgIpc) is 2.96. The second-order valence-corrected chi connectivity index (χ2v) is 5.01. The van der Waals surface area contributed by atoms with Crippen LogP contribution in [0.15, 0.2) is 47.9 Å². The van der Waals surface area contributed by atoms with E-state index in [1.165, 1.54) is 18.2 Å². The predicted octanol–water partition coefficient (Wildman–Crippen LogP) is 2.99. The van der Waals surface area contributed by atoms with E-state index in [2.05, 4.69) is 5.32 Å². The smallest absolute Gasteiger partial charge is 0.270 e. The Morgan fingerprint density at radius 1 is 1.35 bits per heavy atom. The Bertz CT molecular complexity index is 636. The van der Waals surface area contributed by atoms with Crippen LogP contribution in [-0.4, -0.2) is 10.8 Å². The molecule has 0 saturated carbocycles. The topological polar surface area (TPSA) is 72.2 Å². The van der Waals surface area contributed by atoms with Crippen molar-refractivity contribution in [3.63, 3.8) is 0 Å². The molecule has 0 spiro atoms. The van der Waals surface area contributed by atoms with E-state index in [1.54, 1.807) is 29.5 Å². The van der Waals surface area contributed by atoms with Crippen molar-refractivity contribution in [2.75, 3.05) is 0 Å². The molecule has 0 aliphatic rings. The van der Waals surface area contributed by atoms with Crippen LogP contribution < -0.4 is 5.32 Å². The standard InChI is InChI=1S/C14H12N2O3S/c17-14(15-10-13-5-2-8-20-13)7-6-11-3-1-4-12(9-11)16(18)19/h1-9H,10H2,(H,15,17)/b7-6+. The quantitative estimate of drug-likeness (QED) is 0.522. The largest absolute Gasteiger partial charge is 0.348 e. The third kappa shape index (κ3) is 4.03. The van der Waals surface area contributed by atoms with Gasteiger partial charge in [0, 0.05) is 23.1 Å². The summed E-state index contributed by atoms with van der Waals surface area (Å²) in [5.74, 6) is -0.232. The zero-order valence-electron chi connectivity index (χ0n) is 10.5. The number of non-ortho nitro benzene ring substituents is 1. The molecule has 0 radical (unpaired) electrons. The van der Waals surface area contributed by atoms with Crippen molar-refractivity contribution >= 4 is 29.0 Å². The molecule has 0 fully saturated rings. The van der Waals surface area contributed by atoms with E-state index in [-0.39, 0.29) is 11.6 Å². The first-order valence-electron chi connectivity index (χ1n) is 5.88. The number of nitrogens with one attached hydrogen (secondary N) is 1. The van der Waals surface area contributed by atoms with E-state index in [0.29, 0.717) is 12.1 Å². The number of hydrogen-bond acceptors (Lipinski definition) is 4. The Hall–Kier alpha value is -2.47. The summed E-state index contributed by atoms with van der Waals surface area (Å²) in [6, 6.07) is 9.98. The lowest BCUT2D eigenvalue weighted by Gasteiger charge is -1.99. The summed E-state index contributed by atoms with van der Waals surface area (Å²) in [6.45, 7) is 0.482. The van der Waals surface area contributed by atoms with Crippen molar-refractivity contribution in [3.05, 3.63) is 68.4 Å². The fraction of sp³-hybridized carbons (Fsp3) is 0.0714. The maximum Gasteiger partial charge on any atom is 0.270 e. The number of nitro benzene ring substituents is 1. The molecule has 0 bridgehead atoms. The molecule has 0 saturated heterocycles. The molecule has 1 aromatic heterocycles. The summed E-state index contributed by atoms with van der Waals surface area (Å²) in [6.07, 6.45) is 2.92. The monoisotopic (exact) mass is 288 g/mol. The molecule has 1 heterocycles. The Morgan fingerprint density at radius 2 is 2.20 bits per heavy atom. The molecule has 0 atom stereocenters. The maximum atomic E-state index is 11.6. The van der Waals surface area contributed by atoms with Gasteiger partial charge in [-0.3, -0.25) is 14.9 Å². The number of carbonyl (C=O) groups is 1. The highest BCUT2D eigenvalue weighted by Gasteiger charge is 2.04. The molecule has 2 rings (SSSR count). The molecule has 0 aliphatic carbocycles. The van der Waals surface area contributed by atoms with Crippen molar-refractivity contribution in [2.24, 2.45) is 0 Å². The summed E-state index contributed by atoms with van der Waals surface area (Å²) < 4.78 is 0. The molecule has 1 N–H and O–H groups in total. The summed E-state index contributed by atoms with van der Waals surface area (Å²) in [5, 5.41) is 15.3. The van der Waals surface area contributed by atoms with Gasteiger partial charge < -0.3 is 5.32 Å². The number of benzene rings is 1. The zero-order chi connectivity index (χ0) is 14.4. The van der Waals surface area contributed by atoms with Gasteiger partial charge in [0.05, 0.1) is 11.5 Å². The Balaban J connectivity index is 1.93. The fourth-order valence-electron chi connectivity index (χ4n) is 1.56. The summed E-state index contributed by atoms with van der Waals surface area (Å²) in [7, 11) is 0. The van der Waals surface area contributed by atoms with Gasteiger partial charge in [0.2, 0.25) is 5.91 Å². The Morgan fingerprint density at radius 3 is 2.90 bits per heavy atom. The normalized spacial score (nSPS) is 10.6. The van der Waals surface area contributed by atoms with Gasteiger partial charge in [-0.1, -0.05) is 18.2 Å². The third-order valence-corrected chi connectivity index (χ3v) is 3.40. The third-order valence-electron chi connectivity index (χ3n) is 2.53. The lowest BCUT2D eigenvalue weighted by molar-refractivity contribution is -0.384. The lowest BCUT2D eigenvalue weighted by Crippen LogP contribution is -2.19. The van der Waals surface area contributed by atoms with E-state index < -0.39 is 4.92 Å². The SMILES string of the molecule is O=C(/C=C/c1cccc([N+](=O)[O-])c1)NCc1cccs1. The molecular weight excluding hydrogens is 276 g/mol. The van der Waals surface area contributed by atoms with E-state index in [4.69, 9.17) is 0 Å². The van der Waals surface area contributed by atoms with Crippen LogP contribution in [0.25, 0.3) is 6.08 Å². The number of nitrogens with zero attached hydrogens (tertiary/aromatic N) is 1. The second kappa shape index (κ2) is 6.63. The van der Waals surface area contributed by atoms with E-state index >= 15 is 0 Å². The molecule has 102 valence electrons. The van der Waals surface area contributed by atoms with Crippen molar-refractivity contribution in [3.8, 4) is 0 Å². The first kappa shape index (κ1) is 14.0. The van der Waals surface area contributed by atoms with Gasteiger partial charge in [0.25, 0.3) is 5.69 Å². The molecule has 2 aromatic rings. The molecule has 20 heavy (non-hydrogen) atoms. The van der Waals surface area contributed by atoms with Crippen LogP contribution in [0.5, 0.6) is 0 Å². The fourth-order valence-corrected chi connectivity index (χ4v) is 2.20. The molecule has 6 heteroatoms. The number of thiophene rings is 1. The van der Waals surface area contributed by atoms with Gasteiger partial charge in [-0.15, -0.1) is 11.3 Å². The molecule has 5 nitrogen and oxygen atoms in total. The lowest BCUT2D eigenvalue weighted by atomic mass is 10.2. The molecule has 1 aromatic carbocycles. The summed E-state index contributed by atoms with van der Waals surface area (Å²) in [5.41, 5.74) is 0.622. The van der Waals surface area contributed by atoms with E-state index in [1.807, 2.05) is 17.5 Å². The van der Waals surface area contributed by atoms with Crippen LogP contribution in [0, 0.1) is 10.1 Å². The van der Waals surface area contributed by atoms with Gasteiger partial charge in [0.1, 0.15) is 0 Å². The van der Waals surface area contributed by atoms with Crippen molar-refractivity contribution in [1.29, 1.82) is 0 Å². The minimum atomic E-state index is -0.464. The number of hydrogen-bond donors (Lipinski definition) is 1. The highest BCUT2D eigenvalue weighted by molar-refractivity contribution is 7.09. The Kier molecular flexibility index (Phi) is 4.62. The minimum Gasteiger partial charge on any atom is -0.348 e. The zero-order valence-corrected chi connectivity index (χ0v) is 11.3. The highest BCUT2D eigenvalue weighted by atomic mass is 32.1. The molecule has 1 amide bonds. The second-order valence-electron chi connectivity index (χ2n) is 3.98. The maximum absolute atomic E-state index is 11.6. The number of nitro groups is 1. The van der Waals surface area contributed by atoms with Gasteiger partial charge in [-0.05, 0) is 23.1 Å². The summed E-state index contributed by atoms with van der Waals surface area (Å²) >= 11 is 1.57. The highest BCUT2D eigenvalue weighted by Crippen LogP contribution is 2.14. The molecule has 0 aliphatic heterocycles. The average molecular weight is 288 g/mol. The minimum absolute atomic E-state index is 0.00569. The number of carbonyl (C=O) groups excluding carboxylic acids is 1. The molecule has 0 unspecified atom stereocenters. The number of amides is 1. The van der Waals surface area contributed by atoms with Crippen molar-refractivity contribution in [2.45, 2.75) is 6.54 Å². The number of rotatable bonds is 5. The van der Waals surface area contributed by atoms with E-state index in [0.717, 1.165) is 4.88 Å². The predicted molar refractivity (Wildman–Crippen MR) is 78.3 cm³/mol. The van der Waals surface area contributed by atoms with Gasteiger partial charge >= 0.3 is 0 Å². The van der Waals surface area contributed by atoms with Crippen molar-refractivity contribution in [1.82, 2.24) is 5.32 Å².